The molecule has 0 radical (unpaired) electrons. The third-order valence-corrected chi connectivity index (χ3v) is 6.58. The number of nitrogens with one attached hydrogen (secondary N) is 1. The Hall–Kier alpha value is -0.580. The van der Waals surface area contributed by atoms with Crippen LogP contribution < -0.4 is 5.32 Å². The van der Waals surface area contributed by atoms with Gasteiger partial charge < -0.3 is 5.32 Å². The van der Waals surface area contributed by atoms with Crippen LogP contribution in [0.25, 0.3) is 0 Å². The van der Waals surface area contributed by atoms with Crippen molar-refractivity contribution in [3.63, 3.8) is 0 Å². The van der Waals surface area contributed by atoms with Gasteiger partial charge in [-0.25, -0.2) is 0 Å². The number of anilines is 1. The van der Waals surface area contributed by atoms with Crippen LogP contribution in [0.1, 0.15) is 38.5 Å². The minimum atomic E-state index is -0.0479. The number of carbonyl (C=O) groups is 1. The van der Waals surface area contributed by atoms with Gasteiger partial charge in [-0.2, -0.15) is 0 Å². The van der Waals surface area contributed by atoms with Crippen molar-refractivity contribution >= 4 is 34.2 Å². The average molecular weight is 381 g/mol. The van der Waals surface area contributed by atoms with Crippen molar-refractivity contribution in [1.82, 2.24) is 0 Å². The Morgan fingerprint density at radius 3 is 2.15 bits per heavy atom. The molecule has 1 amide bonds. The Bertz CT molecular complexity index is 518. The van der Waals surface area contributed by atoms with Crippen molar-refractivity contribution in [3.8, 4) is 0 Å². The van der Waals surface area contributed by atoms with Crippen molar-refractivity contribution in [2.24, 2.45) is 23.2 Å². The van der Waals surface area contributed by atoms with Crippen LogP contribution in [-0.4, -0.2) is 5.91 Å². The molecule has 4 aliphatic rings. The van der Waals surface area contributed by atoms with E-state index in [2.05, 4.69) is 34.0 Å². The minimum Gasteiger partial charge on any atom is -0.325 e. The number of hydrogen-bond donors (Lipinski definition) is 1. The standard InChI is InChI=1S/C17H20INO/c18-14-3-1-2-4-15(14)19-16(20)17-8-11-5-12(9-17)7-13(6-11)10-17/h1-4,11-13H,5-10H2,(H,19,20). The van der Waals surface area contributed by atoms with Gasteiger partial charge in [0, 0.05) is 3.57 Å². The van der Waals surface area contributed by atoms with Gasteiger partial charge in [-0.05, 0) is 91.0 Å². The third-order valence-electron chi connectivity index (χ3n) is 5.64. The van der Waals surface area contributed by atoms with E-state index in [-0.39, 0.29) is 5.41 Å². The Kier molecular flexibility index (Phi) is 3.09. The molecular formula is C17H20INO. The molecule has 1 N–H and O–H groups in total. The van der Waals surface area contributed by atoms with Crippen molar-refractivity contribution in [2.45, 2.75) is 38.5 Å². The molecule has 4 fully saturated rings. The van der Waals surface area contributed by atoms with E-state index < -0.39 is 0 Å². The number of halogens is 1. The number of para-hydroxylation sites is 1. The van der Waals surface area contributed by atoms with Crippen molar-refractivity contribution in [1.29, 1.82) is 0 Å². The quantitative estimate of drug-likeness (QED) is 0.754. The van der Waals surface area contributed by atoms with Crippen LogP contribution in [0.2, 0.25) is 0 Å². The van der Waals surface area contributed by atoms with Gasteiger partial charge in [0.2, 0.25) is 5.91 Å². The molecule has 0 atom stereocenters. The summed E-state index contributed by atoms with van der Waals surface area (Å²) in [6.07, 6.45) is 7.55. The fraction of sp³-hybridized carbons (Fsp3) is 0.588. The molecule has 20 heavy (non-hydrogen) atoms. The van der Waals surface area contributed by atoms with E-state index in [4.69, 9.17) is 0 Å². The summed E-state index contributed by atoms with van der Waals surface area (Å²) >= 11 is 2.30. The van der Waals surface area contributed by atoms with Crippen LogP contribution in [0, 0.1) is 26.7 Å². The topological polar surface area (TPSA) is 29.1 Å². The lowest BCUT2D eigenvalue weighted by molar-refractivity contribution is -0.140. The molecule has 2 nitrogen and oxygen atoms in total. The van der Waals surface area contributed by atoms with Crippen LogP contribution in [0.5, 0.6) is 0 Å². The molecule has 0 aliphatic heterocycles. The maximum Gasteiger partial charge on any atom is 0.230 e. The molecule has 0 aromatic heterocycles. The van der Waals surface area contributed by atoms with Gasteiger partial charge in [0.25, 0.3) is 0 Å². The SMILES string of the molecule is O=C(Nc1ccccc1I)C12CC3CC(CC(C3)C1)C2. The van der Waals surface area contributed by atoms with E-state index >= 15 is 0 Å². The highest BCUT2D eigenvalue weighted by Crippen LogP contribution is 2.60. The molecule has 3 heteroatoms. The third kappa shape index (κ3) is 2.09. The minimum absolute atomic E-state index is 0.0479. The first-order valence-corrected chi connectivity index (χ1v) is 8.78. The first-order chi connectivity index (χ1) is 9.64. The fourth-order valence-corrected chi connectivity index (χ4v) is 5.73. The van der Waals surface area contributed by atoms with Gasteiger partial charge in [-0.15, -0.1) is 0 Å². The predicted octanol–water partition coefficient (Wildman–Crippen LogP) is 4.45. The number of hydrogen-bond acceptors (Lipinski definition) is 1. The lowest BCUT2D eigenvalue weighted by atomic mass is 9.49. The summed E-state index contributed by atoms with van der Waals surface area (Å²) < 4.78 is 1.13. The summed E-state index contributed by atoms with van der Waals surface area (Å²) in [5, 5.41) is 3.22. The molecule has 0 unspecified atom stereocenters. The van der Waals surface area contributed by atoms with E-state index in [0.717, 1.165) is 46.3 Å². The van der Waals surface area contributed by atoms with Crippen LogP contribution >= 0.6 is 22.6 Å². The number of benzene rings is 1. The highest BCUT2D eigenvalue weighted by Gasteiger charge is 2.54. The summed E-state index contributed by atoms with van der Waals surface area (Å²) in [5.74, 6) is 2.76. The van der Waals surface area contributed by atoms with E-state index in [0.29, 0.717) is 5.91 Å². The second-order valence-electron chi connectivity index (χ2n) is 7.13. The second kappa shape index (κ2) is 4.72. The largest absolute Gasteiger partial charge is 0.325 e. The van der Waals surface area contributed by atoms with Crippen LogP contribution in [0.4, 0.5) is 5.69 Å². The Morgan fingerprint density at radius 1 is 1.05 bits per heavy atom. The molecule has 0 spiro atoms. The molecule has 0 heterocycles. The highest BCUT2D eigenvalue weighted by atomic mass is 127. The maximum atomic E-state index is 12.9. The Morgan fingerprint density at radius 2 is 1.60 bits per heavy atom. The van der Waals surface area contributed by atoms with Gasteiger partial charge in [-0.1, -0.05) is 12.1 Å². The first-order valence-electron chi connectivity index (χ1n) is 7.71. The lowest BCUT2D eigenvalue weighted by Gasteiger charge is -2.55. The fourth-order valence-electron chi connectivity index (χ4n) is 5.21. The van der Waals surface area contributed by atoms with E-state index in [1.165, 1.54) is 19.3 Å². The molecule has 4 aliphatic carbocycles. The molecule has 106 valence electrons. The summed E-state index contributed by atoms with van der Waals surface area (Å²) in [6.45, 7) is 0. The van der Waals surface area contributed by atoms with Gasteiger partial charge in [0.05, 0.1) is 11.1 Å². The first kappa shape index (κ1) is 13.1. The molecule has 0 saturated heterocycles. The average Bonchev–Trinajstić information content (AvgIpc) is 2.40. The van der Waals surface area contributed by atoms with Crippen molar-refractivity contribution < 1.29 is 4.79 Å². The van der Waals surface area contributed by atoms with Crippen molar-refractivity contribution in [2.75, 3.05) is 5.32 Å². The smallest absolute Gasteiger partial charge is 0.230 e. The second-order valence-corrected chi connectivity index (χ2v) is 8.29. The zero-order valence-corrected chi connectivity index (χ0v) is 13.7. The Balaban J connectivity index is 1.58. The lowest BCUT2D eigenvalue weighted by Crippen LogP contribution is -2.51. The number of rotatable bonds is 2. The van der Waals surface area contributed by atoms with Crippen LogP contribution in [0.3, 0.4) is 0 Å². The van der Waals surface area contributed by atoms with Gasteiger partial charge >= 0.3 is 0 Å². The molecule has 4 saturated carbocycles. The van der Waals surface area contributed by atoms with Gasteiger partial charge in [0.15, 0.2) is 0 Å². The van der Waals surface area contributed by atoms with E-state index in [1.807, 2.05) is 18.2 Å². The van der Waals surface area contributed by atoms with Crippen LogP contribution in [-0.2, 0) is 4.79 Å². The maximum absolute atomic E-state index is 12.9. The van der Waals surface area contributed by atoms with Gasteiger partial charge in [0.1, 0.15) is 0 Å². The zero-order chi connectivity index (χ0) is 13.7. The van der Waals surface area contributed by atoms with Gasteiger partial charge in [-0.3, -0.25) is 4.79 Å². The summed E-state index contributed by atoms with van der Waals surface area (Å²) in [6, 6.07) is 8.08. The Labute approximate surface area is 133 Å². The van der Waals surface area contributed by atoms with E-state index in [1.54, 1.807) is 0 Å². The molecule has 4 bridgehead atoms. The summed E-state index contributed by atoms with van der Waals surface area (Å²) in [5.41, 5.74) is 0.932. The highest BCUT2D eigenvalue weighted by molar-refractivity contribution is 14.1. The zero-order valence-electron chi connectivity index (χ0n) is 11.6. The molecule has 5 rings (SSSR count). The van der Waals surface area contributed by atoms with Crippen LogP contribution in [0.15, 0.2) is 24.3 Å². The summed E-state index contributed by atoms with van der Waals surface area (Å²) in [7, 11) is 0. The molecular weight excluding hydrogens is 361 g/mol. The number of amides is 1. The predicted molar refractivity (Wildman–Crippen MR) is 88.4 cm³/mol. The molecule has 1 aromatic carbocycles. The number of carbonyl (C=O) groups excluding carboxylic acids is 1. The monoisotopic (exact) mass is 381 g/mol. The molecule has 1 aromatic rings. The normalized spacial score (nSPS) is 38.0. The van der Waals surface area contributed by atoms with E-state index in [9.17, 15) is 4.79 Å². The van der Waals surface area contributed by atoms with Crippen molar-refractivity contribution in [3.05, 3.63) is 27.8 Å². The summed E-state index contributed by atoms with van der Waals surface area (Å²) in [4.78, 5) is 12.9.